The van der Waals surface area contributed by atoms with E-state index in [4.69, 9.17) is 23.2 Å². The topological polar surface area (TPSA) is 33.2 Å². The fourth-order valence-electron chi connectivity index (χ4n) is 2.58. The molecule has 1 amide bonds. The Labute approximate surface area is 127 Å². The van der Waals surface area contributed by atoms with Gasteiger partial charge in [0, 0.05) is 11.7 Å². The van der Waals surface area contributed by atoms with Gasteiger partial charge in [-0.2, -0.15) is 0 Å². The molecule has 102 valence electrons. The number of rotatable bonds is 1. The van der Waals surface area contributed by atoms with E-state index >= 15 is 0 Å². The summed E-state index contributed by atoms with van der Waals surface area (Å²) in [5.74, 6) is -0.142. The van der Waals surface area contributed by atoms with Gasteiger partial charge >= 0.3 is 0 Å². The first-order valence-electron chi connectivity index (χ1n) is 6.31. The lowest BCUT2D eigenvalue weighted by Crippen LogP contribution is -2.36. The Hall–Kier alpha value is -1.58. The molecule has 1 atom stereocenters. The number of aromatic nitrogens is 1. The molecular weight excluding hydrogens is 295 g/mol. The van der Waals surface area contributed by atoms with E-state index in [1.165, 1.54) is 5.56 Å². The van der Waals surface area contributed by atoms with Crippen molar-refractivity contribution in [2.75, 3.05) is 4.90 Å². The van der Waals surface area contributed by atoms with E-state index in [0.717, 1.165) is 12.1 Å². The van der Waals surface area contributed by atoms with Gasteiger partial charge in [0.25, 0.3) is 5.91 Å². The Morgan fingerprint density at radius 3 is 2.75 bits per heavy atom. The summed E-state index contributed by atoms with van der Waals surface area (Å²) in [7, 11) is 0. The van der Waals surface area contributed by atoms with Crippen LogP contribution in [0.25, 0.3) is 0 Å². The molecule has 20 heavy (non-hydrogen) atoms. The molecule has 1 aliphatic heterocycles. The van der Waals surface area contributed by atoms with E-state index in [1.807, 2.05) is 31.2 Å². The van der Waals surface area contributed by atoms with Crippen LogP contribution in [0.2, 0.25) is 10.3 Å². The minimum Gasteiger partial charge on any atom is -0.305 e. The second kappa shape index (κ2) is 5.08. The number of halogens is 2. The number of nitrogens with zero attached hydrogens (tertiary/aromatic N) is 2. The number of carbonyl (C=O) groups excluding carboxylic acids is 1. The number of anilines is 1. The number of amides is 1. The van der Waals surface area contributed by atoms with Crippen LogP contribution in [-0.2, 0) is 6.42 Å². The first kappa shape index (κ1) is 13.4. The Morgan fingerprint density at radius 1 is 1.25 bits per heavy atom. The molecule has 0 spiro atoms. The summed E-state index contributed by atoms with van der Waals surface area (Å²) in [4.78, 5) is 18.4. The van der Waals surface area contributed by atoms with Gasteiger partial charge in [-0.25, -0.2) is 4.98 Å². The second-order valence-corrected chi connectivity index (χ2v) is 5.57. The van der Waals surface area contributed by atoms with Crippen LogP contribution in [0.3, 0.4) is 0 Å². The van der Waals surface area contributed by atoms with E-state index in [2.05, 4.69) is 4.98 Å². The molecule has 1 aliphatic rings. The molecule has 0 fully saturated rings. The van der Waals surface area contributed by atoms with Crippen LogP contribution >= 0.6 is 23.2 Å². The first-order chi connectivity index (χ1) is 9.58. The number of fused-ring (bicyclic) bond motifs is 1. The standard InChI is InChI=1S/C15H12Cl2N2O/c1-9-8-10-4-2-3-5-12(10)19(9)15(20)11-6-7-13(16)18-14(11)17/h2-7,9H,8H2,1H3/t9-/m0/s1. The normalized spacial score (nSPS) is 17.1. The van der Waals surface area contributed by atoms with Crippen LogP contribution in [0.4, 0.5) is 5.69 Å². The summed E-state index contributed by atoms with van der Waals surface area (Å²) in [5.41, 5.74) is 2.49. The molecule has 0 unspecified atom stereocenters. The molecule has 0 N–H and O–H groups in total. The van der Waals surface area contributed by atoms with Crippen molar-refractivity contribution in [3.8, 4) is 0 Å². The van der Waals surface area contributed by atoms with Crippen molar-refractivity contribution >= 4 is 34.8 Å². The minimum absolute atomic E-state index is 0.103. The molecule has 3 rings (SSSR count). The van der Waals surface area contributed by atoms with Gasteiger partial charge in [0.1, 0.15) is 10.3 Å². The highest BCUT2D eigenvalue weighted by molar-refractivity contribution is 6.35. The van der Waals surface area contributed by atoms with Crippen molar-refractivity contribution in [1.29, 1.82) is 0 Å². The smallest absolute Gasteiger partial charge is 0.261 e. The second-order valence-electron chi connectivity index (χ2n) is 4.83. The third-order valence-corrected chi connectivity index (χ3v) is 3.97. The Morgan fingerprint density at radius 2 is 2.00 bits per heavy atom. The van der Waals surface area contributed by atoms with Gasteiger partial charge in [0.2, 0.25) is 0 Å². The average molecular weight is 307 g/mol. The van der Waals surface area contributed by atoms with Crippen molar-refractivity contribution < 1.29 is 4.79 Å². The lowest BCUT2D eigenvalue weighted by Gasteiger charge is -2.23. The largest absolute Gasteiger partial charge is 0.305 e. The molecule has 0 radical (unpaired) electrons. The maximum Gasteiger partial charge on any atom is 0.261 e. The SMILES string of the molecule is C[C@H]1Cc2ccccc2N1C(=O)c1ccc(Cl)nc1Cl. The molecule has 0 saturated carbocycles. The molecule has 0 aliphatic carbocycles. The monoisotopic (exact) mass is 306 g/mol. The van der Waals surface area contributed by atoms with E-state index in [1.54, 1.807) is 17.0 Å². The van der Waals surface area contributed by atoms with Gasteiger partial charge in [-0.1, -0.05) is 41.4 Å². The van der Waals surface area contributed by atoms with Gasteiger partial charge in [-0.05, 0) is 37.1 Å². The highest BCUT2D eigenvalue weighted by Crippen LogP contribution is 2.33. The Balaban J connectivity index is 2.03. The van der Waals surface area contributed by atoms with Gasteiger partial charge in [0.15, 0.2) is 0 Å². The van der Waals surface area contributed by atoms with E-state index in [-0.39, 0.29) is 22.3 Å². The summed E-state index contributed by atoms with van der Waals surface area (Å²) in [6.07, 6.45) is 0.848. The fourth-order valence-corrected chi connectivity index (χ4v) is 3.00. The molecule has 1 aromatic carbocycles. The fraction of sp³-hybridized carbons (Fsp3) is 0.200. The van der Waals surface area contributed by atoms with Gasteiger partial charge in [-0.3, -0.25) is 4.79 Å². The zero-order chi connectivity index (χ0) is 14.3. The highest BCUT2D eigenvalue weighted by Gasteiger charge is 2.32. The average Bonchev–Trinajstić information content (AvgIpc) is 2.73. The van der Waals surface area contributed by atoms with E-state index < -0.39 is 0 Å². The summed E-state index contributed by atoms with van der Waals surface area (Å²) in [6, 6.07) is 11.2. The van der Waals surface area contributed by atoms with Crippen LogP contribution in [0.1, 0.15) is 22.8 Å². The molecule has 0 saturated heterocycles. The molecule has 2 aromatic rings. The van der Waals surface area contributed by atoms with Crippen LogP contribution in [0.5, 0.6) is 0 Å². The maximum atomic E-state index is 12.7. The molecule has 1 aromatic heterocycles. The minimum atomic E-state index is -0.142. The third-order valence-electron chi connectivity index (χ3n) is 3.47. The number of para-hydroxylation sites is 1. The quantitative estimate of drug-likeness (QED) is 0.747. The number of hydrogen-bond donors (Lipinski definition) is 0. The van der Waals surface area contributed by atoms with Crippen LogP contribution in [-0.4, -0.2) is 16.9 Å². The van der Waals surface area contributed by atoms with Gasteiger partial charge in [0.05, 0.1) is 5.56 Å². The summed E-state index contributed by atoms with van der Waals surface area (Å²) in [5, 5.41) is 0.417. The highest BCUT2D eigenvalue weighted by atomic mass is 35.5. The van der Waals surface area contributed by atoms with Crippen LogP contribution < -0.4 is 4.90 Å². The lowest BCUT2D eigenvalue weighted by molar-refractivity contribution is 0.0981. The Bertz CT molecular complexity index is 687. The van der Waals surface area contributed by atoms with Crippen molar-refractivity contribution in [2.45, 2.75) is 19.4 Å². The van der Waals surface area contributed by atoms with Crippen molar-refractivity contribution in [1.82, 2.24) is 4.98 Å². The number of benzene rings is 1. The molecular formula is C15H12Cl2N2O. The molecule has 2 heterocycles. The predicted molar refractivity (Wildman–Crippen MR) is 80.7 cm³/mol. The first-order valence-corrected chi connectivity index (χ1v) is 7.07. The molecule has 0 bridgehead atoms. The third kappa shape index (κ3) is 2.17. The van der Waals surface area contributed by atoms with Crippen molar-refractivity contribution in [3.05, 3.63) is 57.8 Å². The number of carbonyl (C=O) groups is 1. The predicted octanol–water partition coefficient (Wildman–Crippen LogP) is 3.98. The Kier molecular flexibility index (Phi) is 3.40. The lowest BCUT2D eigenvalue weighted by atomic mass is 10.1. The zero-order valence-electron chi connectivity index (χ0n) is 10.8. The van der Waals surface area contributed by atoms with E-state index in [0.29, 0.717) is 5.56 Å². The van der Waals surface area contributed by atoms with E-state index in [9.17, 15) is 4.79 Å². The van der Waals surface area contributed by atoms with Gasteiger partial charge in [-0.15, -0.1) is 0 Å². The molecule has 5 heteroatoms. The zero-order valence-corrected chi connectivity index (χ0v) is 12.3. The number of hydrogen-bond acceptors (Lipinski definition) is 2. The van der Waals surface area contributed by atoms with Crippen molar-refractivity contribution in [2.24, 2.45) is 0 Å². The summed E-state index contributed by atoms with van der Waals surface area (Å²) >= 11 is 11.8. The summed E-state index contributed by atoms with van der Waals surface area (Å²) in [6.45, 7) is 2.02. The van der Waals surface area contributed by atoms with Gasteiger partial charge < -0.3 is 4.90 Å². The van der Waals surface area contributed by atoms with Crippen molar-refractivity contribution in [3.63, 3.8) is 0 Å². The van der Waals surface area contributed by atoms with Crippen LogP contribution in [0, 0.1) is 0 Å². The molecule has 3 nitrogen and oxygen atoms in total. The van der Waals surface area contributed by atoms with Crippen LogP contribution in [0.15, 0.2) is 36.4 Å². The summed E-state index contributed by atoms with van der Waals surface area (Å²) < 4.78 is 0. The maximum absolute atomic E-state index is 12.7. The number of pyridine rings is 1.